The van der Waals surface area contributed by atoms with E-state index in [-0.39, 0.29) is 23.6 Å². The van der Waals surface area contributed by atoms with E-state index in [0.717, 1.165) is 16.9 Å². The molecule has 2 saturated heterocycles. The molecule has 0 bridgehead atoms. The molecule has 2 aliphatic rings. The van der Waals surface area contributed by atoms with Gasteiger partial charge in [0.1, 0.15) is 11.9 Å². The quantitative estimate of drug-likeness (QED) is 0.767. The van der Waals surface area contributed by atoms with Crippen molar-refractivity contribution in [2.75, 3.05) is 19.6 Å². The molecule has 3 heterocycles. The molecule has 0 saturated carbocycles. The summed E-state index contributed by atoms with van der Waals surface area (Å²) in [5.41, 5.74) is 1.36. The maximum absolute atomic E-state index is 12.7. The van der Waals surface area contributed by atoms with Crippen LogP contribution in [0.5, 0.6) is 0 Å². The van der Waals surface area contributed by atoms with Crippen LogP contribution in [0.15, 0.2) is 24.3 Å². The second-order valence-corrected chi connectivity index (χ2v) is 8.79. The number of nitrogens with zero attached hydrogens (tertiary/aromatic N) is 3. The van der Waals surface area contributed by atoms with Gasteiger partial charge in [0.15, 0.2) is 0 Å². The lowest BCUT2D eigenvalue weighted by Crippen LogP contribution is -2.42. The van der Waals surface area contributed by atoms with Crippen LogP contribution in [-0.2, 0) is 27.9 Å². The lowest BCUT2D eigenvalue weighted by atomic mass is 9.84. The topological polar surface area (TPSA) is 96.3 Å². The summed E-state index contributed by atoms with van der Waals surface area (Å²) in [4.78, 5) is 44.0. The van der Waals surface area contributed by atoms with Crippen LogP contribution in [0.4, 0.5) is 0 Å². The largest absolute Gasteiger partial charge is 0.354 e. The van der Waals surface area contributed by atoms with E-state index in [1.807, 2.05) is 49.7 Å². The minimum Gasteiger partial charge on any atom is -0.354 e. The zero-order chi connectivity index (χ0) is 21.5. The van der Waals surface area contributed by atoms with Gasteiger partial charge < -0.3 is 20.1 Å². The standard InChI is InChI=1S/C22H29N5O3/c1-14(2)20(29)27-11-9-22(13-27)12-16(25-21(22)30)19(28)23-10-8-18-24-15-6-4-5-7-17(15)26(18)3/h4-7,14,16H,8-13H2,1-3H3,(H,23,28)(H,25,30)/t16-,22+/m0/s1. The number of hydrogen-bond donors (Lipinski definition) is 2. The number of aromatic nitrogens is 2. The molecule has 30 heavy (non-hydrogen) atoms. The van der Waals surface area contributed by atoms with E-state index in [1.165, 1.54) is 0 Å². The Balaban J connectivity index is 1.33. The number of carbonyl (C=O) groups is 3. The van der Waals surface area contributed by atoms with Gasteiger partial charge in [-0.15, -0.1) is 0 Å². The van der Waals surface area contributed by atoms with Crippen molar-refractivity contribution in [3.05, 3.63) is 30.1 Å². The van der Waals surface area contributed by atoms with Gasteiger partial charge in [0.2, 0.25) is 17.7 Å². The van der Waals surface area contributed by atoms with Crippen LogP contribution in [0.1, 0.15) is 32.5 Å². The van der Waals surface area contributed by atoms with Crippen molar-refractivity contribution in [1.82, 2.24) is 25.1 Å². The molecule has 4 rings (SSSR count). The Hall–Kier alpha value is -2.90. The number of aryl methyl sites for hydroxylation is 1. The molecule has 2 fully saturated rings. The van der Waals surface area contributed by atoms with Crippen LogP contribution in [0, 0.1) is 11.3 Å². The number of fused-ring (bicyclic) bond motifs is 1. The van der Waals surface area contributed by atoms with E-state index in [4.69, 9.17) is 0 Å². The SMILES string of the molecule is CC(C)C(=O)N1CC[C@@]2(C[C@@H](C(=O)NCCc3nc4ccccc4n3C)NC2=O)C1. The zero-order valence-corrected chi connectivity index (χ0v) is 17.8. The van der Waals surface area contributed by atoms with E-state index < -0.39 is 11.5 Å². The highest BCUT2D eigenvalue weighted by atomic mass is 16.2. The number of para-hydroxylation sites is 2. The van der Waals surface area contributed by atoms with Crippen molar-refractivity contribution < 1.29 is 14.4 Å². The molecule has 1 aromatic carbocycles. The number of carbonyl (C=O) groups excluding carboxylic acids is 3. The van der Waals surface area contributed by atoms with E-state index in [2.05, 4.69) is 15.6 Å². The molecular weight excluding hydrogens is 382 g/mol. The number of likely N-dealkylation sites (tertiary alicyclic amines) is 1. The van der Waals surface area contributed by atoms with Crippen LogP contribution < -0.4 is 10.6 Å². The molecular formula is C22H29N5O3. The third kappa shape index (κ3) is 3.55. The fourth-order valence-electron chi connectivity index (χ4n) is 4.62. The second kappa shape index (κ2) is 7.74. The van der Waals surface area contributed by atoms with E-state index in [0.29, 0.717) is 38.9 Å². The summed E-state index contributed by atoms with van der Waals surface area (Å²) < 4.78 is 2.03. The lowest BCUT2D eigenvalue weighted by Gasteiger charge is -2.22. The van der Waals surface area contributed by atoms with Crippen molar-refractivity contribution in [2.45, 2.75) is 39.2 Å². The van der Waals surface area contributed by atoms with Crippen molar-refractivity contribution in [1.29, 1.82) is 0 Å². The molecule has 160 valence electrons. The Morgan fingerprint density at radius 1 is 1.33 bits per heavy atom. The molecule has 2 N–H and O–H groups in total. The van der Waals surface area contributed by atoms with Crippen molar-refractivity contribution in [3.8, 4) is 0 Å². The Kier molecular flexibility index (Phi) is 5.26. The first-order chi connectivity index (χ1) is 14.3. The molecule has 2 aromatic rings. The summed E-state index contributed by atoms with van der Waals surface area (Å²) in [6, 6.07) is 7.38. The number of benzene rings is 1. The summed E-state index contributed by atoms with van der Waals surface area (Å²) in [7, 11) is 1.97. The predicted molar refractivity (Wildman–Crippen MR) is 112 cm³/mol. The molecule has 0 aliphatic carbocycles. The number of hydrogen-bond acceptors (Lipinski definition) is 4. The monoisotopic (exact) mass is 411 g/mol. The third-order valence-electron chi connectivity index (χ3n) is 6.39. The number of amides is 3. The second-order valence-electron chi connectivity index (χ2n) is 8.79. The third-order valence-corrected chi connectivity index (χ3v) is 6.39. The predicted octanol–water partition coefficient (Wildman–Crippen LogP) is 0.995. The molecule has 1 spiro atoms. The van der Waals surface area contributed by atoms with Gasteiger partial charge in [-0.1, -0.05) is 26.0 Å². The van der Waals surface area contributed by atoms with Gasteiger partial charge in [0.25, 0.3) is 0 Å². The summed E-state index contributed by atoms with van der Waals surface area (Å²) in [6.07, 6.45) is 1.66. The first kappa shape index (κ1) is 20.4. The van der Waals surface area contributed by atoms with Gasteiger partial charge in [-0.05, 0) is 25.0 Å². The highest BCUT2D eigenvalue weighted by Gasteiger charge is 2.53. The van der Waals surface area contributed by atoms with Crippen LogP contribution >= 0.6 is 0 Å². The van der Waals surface area contributed by atoms with Gasteiger partial charge in [-0.25, -0.2) is 4.98 Å². The van der Waals surface area contributed by atoms with Gasteiger partial charge in [0.05, 0.1) is 16.4 Å². The average molecular weight is 412 g/mol. The molecule has 8 heteroatoms. The van der Waals surface area contributed by atoms with Crippen LogP contribution in [0.2, 0.25) is 0 Å². The minimum atomic E-state index is -0.635. The molecule has 1 aromatic heterocycles. The highest BCUT2D eigenvalue weighted by molar-refractivity contribution is 5.95. The fraction of sp³-hybridized carbons (Fsp3) is 0.545. The maximum atomic E-state index is 12.7. The van der Waals surface area contributed by atoms with Gasteiger partial charge >= 0.3 is 0 Å². The Morgan fingerprint density at radius 3 is 2.83 bits per heavy atom. The van der Waals surface area contributed by atoms with E-state index in [1.54, 1.807) is 4.90 Å². The number of imidazole rings is 1. The number of nitrogens with one attached hydrogen (secondary N) is 2. The minimum absolute atomic E-state index is 0.0648. The van der Waals surface area contributed by atoms with Gasteiger partial charge in [0, 0.05) is 39.0 Å². The molecule has 8 nitrogen and oxygen atoms in total. The van der Waals surface area contributed by atoms with Crippen LogP contribution in [0.3, 0.4) is 0 Å². The summed E-state index contributed by atoms with van der Waals surface area (Å²) in [5.74, 6) is 0.591. The van der Waals surface area contributed by atoms with Crippen LogP contribution in [-0.4, -0.2) is 57.8 Å². The number of rotatable bonds is 5. The van der Waals surface area contributed by atoms with Gasteiger partial charge in [-0.2, -0.15) is 0 Å². The molecule has 0 unspecified atom stereocenters. The van der Waals surface area contributed by atoms with E-state index in [9.17, 15) is 14.4 Å². The van der Waals surface area contributed by atoms with E-state index >= 15 is 0 Å². The summed E-state index contributed by atoms with van der Waals surface area (Å²) in [6.45, 7) is 5.16. The fourth-order valence-corrected chi connectivity index (χ4v) is 4.62. The lowest BCUT2D eigenvalue weighted by molar-refractivity contribution is -0.134. The summed E-state index contributed by atoms with van der Waals surface area (Å²) >= 11 is 0. The van der Waals surface area contributed by atoms with Crippen molar-refractivity contribution in [2.24, 2.45) is 18.4 Å². The smallest absolute Gasteiger partial charge is 0.242 e. The molecule has 0 radical (unpaired) electrons. The molecule has 2 atom stereocenters. The summed E-state index contributed by atoms with van der Waals surface area (Å²) in [5, 5.41) is 5.78. The average Bonchev–Trinajstić information content (AvgIpc) is 3.39. The van der Waals surface area contributed by atoms with Crippen LogP contribution in [0.25, 0.3) is 11.0 Å². The maximum Gasteiger partial charge on any atom is 0.242 e. The highest BCUT2D eigenvalue weighted by Crippen LogP contribution is 2.39. The first-order valence-electron chi connectivity index (χ1n) is 10.6. The van der Waals surface area contributed by atoms with Crippen molar-refractivity contribution >= 4 is 28.8 Å². The van der Waals surface area contributed by atoms with Crippen molar-refractivity contribution in [3.63, 3.8) is 0 Å². The molecule has 3 amide bonds. The first-order valence-corrected chi connectivity index (χ1v) is 10.6. The Morgan fingerprint density at radius 2 is 2.10 bits per heavy atom. The normalized spacial score (nSPS) is 23.5. The molecule has 2 aliphatic heterocycles. The Bertz CT molecular complexity index is 998. The Labute approximate surface area is 176 Å². The van der Waals surface area contributed by atoms with Gasteiger partial charge in [-0.3, -0.25) is 14.4 Å². The zero-order valence-electron chi connectivity index (χ0n) is 17.8.